The van der Waals surface area contributed by atoms with Gasteiger partial charge in [-0.1, -0.05) is 12.2 Å². The van der Waals surface area contributed by atoms with Gasteiger partial charge in [0.2, 0.25) is 0 Å². The van der Waals surface area contributed by atoms with Gasteiger partial charge in [-0.3, -0.25) is 0 Å². The van der Waals surface area contributed by atoms with Crippen LogP contribution < -0.4 is 10.5 Å². The highest BCUT2D eigenvalue weighted by Gasteiger charge is 2.22. The molecule has 0 aliphatic heterocycles. The molecule has 1 aromatic rings. The van der Waals surface area contributed by atoms with E-state index >= 15 is 0 Å². The predicted molar refractivity (Wildman–Crippen MR) is 70.0 cm³/mol. The van der Waals surface area contributed by atoms with Crippen LogP contribution in [0.3, 0.4) is 0 Å². The smallest absolute Gasteiger partial charge is 0.125 e. The van der Waals surface area contributed by atoms with E-state index in [0.29, 0.717) is 4.99 Å². The third-order valence-electron chi connectivity index (χ3n) is 2.91. The van der Waals surface area contributed by atoms with Crippen molar-refractivity contribution >= 4 is 17.2 Å². The van der Waals surface area contributed by atoms with E-state index < -0.39 is 0 Å². The van der Waals surface area contributed by atoms with Crippen molar-refractivity contribution in [1.82, 2.24) is 0 Å². The van der Waals surface area contributed by atoms with Crippen LogP contribution in [0.4, 0.5) is 0 Å². The van der Waals surface area contributed by atoms with Gasteiger partial charge in [0.15, 0.2) is 0 Å². The zero-order valence-corrected chi connectivity index (χ0v) is 10.6. The minimum atomic E-state index is 0.444. The summed E-state index contributed by atoms with van der Waals surface area (Å²) < 4.78 is 5.84. The second kappa shape index (κ2) is 4.42. The molecule has 1 aliphatic carbocycles. The van der Waals surface area contributed by atoms with Crippen LogP contribution >= 0.6 is 12.2 Å². The summed E-state index contributed by atoms with van der Waals surface area (Å²) in [6, 6.07) is 4.00. The fraction of sp³-hybridized carbons (Fsp3) is 0.462. The standard InChI is InChI=1S/C13H17NOS/c1-8-5-11(13(14)16)6-9(2)12(8)15-7-10-3-4-10/h5-6,10H,3-4,7H2,1-2H3,(H2,14,16). The third kappa shape index (κ3) is 2.53. The molecule has 16 heavy (non-hydrogen) atoms. The molecule has 0 radical (unpaired) electrons. The molecule has 1 aliphatic rings. The van der Waals surface area contributed by atoms with Crippen molar-refractivity contribution in [1.29, 1.82) is 0 Å². The second-order valence-corrected chi connectivity index (χ2v) is 5.00. The summed E-state index contributed by atoms with van der Waals surface area (Å²) >= 11 is 4.98. The Morgan fingerprint density at radius 2 is 1.94 bits per heavy atom. The lowest BCUT2D eigenvalue weighted by molar-refractivity contribution is 0.296. The monoisotopic (exact) mass is 235 g/mol. The van der Waals surface area contributed by atoms with E-state index in [4.69, 9.17) is 22.7 Å². The summed E-state index contributed by atoms with van der Waals surface area (Å²) in [5.41, 5.74) is 8.77. The second-order valence-electron chi connectivity index (χ2n) is 4.56. The fourth-order valence-electron chi connectivity index (χ4n) is 1.81. The molecule has 86 valence electrons. The zero-order valence-electron chi connectivity index (χ0n) is 9.75. The average molecular weight is 235 g/mol. The van der Waals surface area contributed by atoms with Crippen molar-refractivity contribution in [2.75, 3.05) is 6.61 Å². The Bertz CT molecular complexity index is 401. The Kier molecular flexibility index (Phi) is 3.15. The Labute approximate surface area is 102 Å². The van der Waals surface area contributed by atoms with E-state index in [2.05, 4.69) is 0 Å². The van der Waals surface area contributed by atoms with Gasteiger partial charge in [0.1, 0.15) is 10.7 Å². The largest absolute Gasteiger partial charge is 0.493 e. The van der Waals surface area contributed by atoms with E-state index in [0.717, 1.165) is 35.0 Å². The molecule has 2 rings (SSSR count). The molecule has 1 saturated carbocycles. The number of rotatable bonds is 4. The Balaban J connectivity index is 2.19. The van der Waals surface area contributed by atoms with Gasteiger partial charge in [-0.2, -0.15) is 0 Å². The number of hydrogen-bond donors (Lipinski definition) is 1. The Hall–Kier alpha value is -1.09. The maximum absolute atomic E-state index is 5.84. The minimum Gasteiger partial charge on any atom is -0.493 e. The molecule has 0 saturated heterocycles. The Morgan fingerprint density at radius 1 is 1.38 bits per heavy atom. The molecule has 3 heteroatoms. The van der Waals surface area contributed by atoms with Crippen molar-refractivity contribution in [2.24, 2.45) is 11.7 Å². The Morgan fingerprint density at radius 3 is 2.38 bits per heavy atom. The van der Waals surface area contributed by atoms with Crippen LogP contribution in [0, 0.1) is 19.8 Å². The van der Waals surface area contributed by atoms with E-state index in [-0.39, 0.29) is 0 Å². The molecule has 1 fully saturated rings. The highest BCUT2D eigenvalue weighted by Crippen LogP contribution is 2.31. The fourth-order valence-corrected chi connectivity index (χ4v) is 1.92. The quantitative estimate of drug-likeness (QED) is 0.815. The predicted octanol–water partition coefficient (Wildman–Crippen LogP) is 2.73. The molecule has 0 spiro atoms. The highest BCUT2D eigenvalue weighted by molar-refractivity contribution is 7.80. The lowest BCUT2D eigenvalue weighted by Crippen LogP contribution is -2.11. The summed E-state index contributed by atoms with van der Waals surface area (Å²) in [4.78, 5) is 0.444. The maximum Gasteiger partial charge on any atom is 0.125 e. The van der Waals surface area contributed by atoms with Crippen LogP contribution in [0.1, 0.15) is 29.5 Å². The van der Waals surface area contributed by atoms with E-state index in [1.165, 1.54) is 12.8 Å². The molecular weight excluding hydrogens is 218 g/mol. The number of nitrogens with two attached hydrogens (primary N) is 1. The minimum absolute atomic E-state index is 0.444. The van der Waals surface area contributed by atoms with Crippen LogP contribution in [0.2, 0.25) is 0 Å². The van der Waals surface area contributed by atoms with Crippen molar-refractivity contribution in [3.8, 4) is 5.75 Å². The molecule has 0 atom stereocenters. The number of aryl methyl sites for hydroxylation is 2. The molecule has 1 aromatic carbocycles. The summed E-state index contributed by atoms with van der Waals surface area (Å²) in [7, 11) is 0. The summed E-state index contributed by atoms with van der Waals surface area (Å²) in [6.07, 6.45) is 2.62. The van der Waals surface area contributed by atoms with E-state index in [1.807, 2.05) is 26.0 Å². The van der Waals surface area contributed by atoms with Crippen molar-refractivity contribution in [3.05, 3.63) is 28.8 Å². The SMILES string of the molecule is Cc1cc(C(N)=S)cc(C)c1OCC1CC1. The van der Waals surface area contributed by atoms with Crippen LogP contribution in [0.5, 0.6) is 5.75 Å². The summed E-state index contributed by atoms with van der Waals surface area (Å²) in [5, 5.41) is 0. The number of ether oxygens (including phenoxy) is 1. The topological polar surface area (TPSA) is 35.2 Å². The van der Waals surface area contributed by atoms with Gasteiger partial charge >= 0.3 is 0 Å². The molecule has 0 unspecified atom stereocenters. The molecule has 0 bridgehead atoms. The molecule has 0 heterocycles. The van der Waals surface area contributed by atoms with Gasteiger partial charge in [0.25, 0.3) is 0 Å². The molecule has 2 N–H and O–H groups in total. The third-order valence-corrected chi connectivity index (χ3v) is 3.14. The molecular formula is C13H17NOS. The molecule has 2 nitrogen and oxygen atoms in total. The van der Waals surface area contributed by atoms with Crippen LogP contribution in [0.25, 0.3) is 0 Å². The normalized spacial score (nSPS) is 14.9. The first-order valence-electron chi connectivity index (χ1n) is 5.62. The summed E-state index contributed by atoms with van der Waals surface area (Å²) in [6.45, 7) is 4.92. The highest BCUT2D eigenvalue weighted by atomic mass is 32.1. The van der Waals surface area contributed by atoms with Gasteiger partial charge in [0, 0.05) is 5.56 Å². The van der Waals surface area contributed by atoms with Gasteiger partial charge in [-0.05, 0) is 55.9 Å². The van der Waals surface area contributed by atoms with Gasteiger partial charge in [-0.15, -0.1) is 0 Å². The van der Waals surface area contributed by atoms with Crippen LogP contribution in [-0.2, 0) is 0 Å². The molecule has 0 aromatic heterocycles. The lowest BCUT2D eigenvalue weighted by Gasteiger charge is -2.13. The van der Waals surface area contributed by atoms with Crippen molar-refractivity contribution in [2.45, 2.75) is 26.7 Å². The van der Waals surface area contributed by atoms with Gasteiger partial charge < -0.3 is 10.5 Å². The van der Waals surface area contributed by atoms with Gasteiger partial charge in [-0.25, -0.2) is 0 Å². The van der Waals surface area contributed by atoms with Crippen molar-refractivity contribution < 1.29 is 4.74 Å². The van der Waals surface area contributed by atoms with Crippen LogP contribution in [0.15, 0.2) is 12.1 Å². The zero-order chi connectivity index (χ0) is 11.7. The van der Waals surface area contributed by atoms with E-state index in [1.54, 1.807) is 0 Å². The average Bonchev–Trinajstić information content (AvgIpc) is 2.99. The maximum atomic E-state index is 5.84. The van der Waals surface area contributed by atoms with E-state index in [9.17, 15) is 0 Å². The number of thiocarbonyl (C=S) groups is 1. The lowest BCUT2D eigenvalue weighted by atomic mass is 10.1. The first-order valence-corrected chi connectivity index (χ1v) is 6.02. The number of benzene rings is 1. The summed E-state index contributed by atoms with van der Waals surface area (Å²) in [5.74, 6) is 1.76. The number of hydrogen-bond acceptors (Lipinski definition) is 2. The first-order chi connectivity index (χ1) is 7.58. The van der Waals surface area contributed by atoms with Gasteiger partial charge in [0.05, 0.1) is 6.61 Å². The molecule has 0 amide bonds. The van der Waals surface area contributed by atoms with Crippen molar-refractivity contribution in [3.63, 3.8) is 0 Å². The first kappa shape index (κ1) is 11.4. The van der Waals surface area contributed by atoms with Crippen LogP contribution in [-0.4, -0.2) is 11.6 Å².